The topological polar surface area (TPSA) is 94.8 Å². The lowest BCUT2D eigenvalue weighted by Crippen LogP contribution is -2.39. The average molecular weight is 494 g/mol. The summed E-state index contributed by atoms with van der Waals surface area (Å²) in [6.45, 7) is 0. The Balaban J connectivity index is 2.67. The summed E-state index contributed by atoms with van der Waals surface area (Å²) in [6.07, 6.45) is 0. The van der Waals surface area contributed by atoms with E-state index >= 15 is 0 Å². The van der Waals surface area contributed by atoms with E-state index in [0.717, 1.165) is 12.1 Å². The maximum Gasteiger partial charge on any atom is 0.283 e. The van der Waals surface area contributed by atoms with Crippen LogP contribution in [-0.2, 0) is 14.9 Å². The summed E-state index contributed by atoms with van der Waals surface area (Å²) in [5.74, 6) is -0.977. The molecule has 1 unspecified atom stereocenters. The third-order valence-corrected chi connectivity index (χ3v) is 7.42. The number of benzene rings is 3. The molecule has 3 aromatic carbocycles. The molecule has 0 saturated heterocycles. The Kier molecular flexibility index (Phi) is 5.98. The van der Waals surface area contributed by atoms with Gasteiger partial charge in [0.2, 0.25) is 0 Å². The van der Waals surface area contributed by atoms with E-state index in [4.69, 9.17) is 46.4 Å². The zero-order chi connectivity index (χ0) is 21.6. The van der Waals surface area contributed by atoms with Gasteiger partial charge in [0.1, 0.15) is 11.5 Å². The highest BCUT2D eigenvalue weighted by Gasteiger charge is 2.53. The molecule has 0 saturated carbocycles. The van der Waals surface area contributed by atoms with Crippen molar-refractivity contribution in [2.24, 2.45) is 0 Å². The predicted molar refractivity (Wildman–Crippen MR) is 114 cm³/mol. The van der Waals surface area contributed by atoms with Crippen molar-refractivity contribution in [2.45, 2.75) is 4.75 Å². The SMILES string of the molecule is O=S(=O)(O)C(c1ccccc1)(c1cc(O)ccc1Cl)c1c(O)cc(Cl)c(Cl)c1Cl. The Morgan fingerprint density at radius 1 is 0.793 bits per heavy atom. The fourth-order valence-electron chi connectivity index (χ4n) is 3.22. The molecule has 0 fully saturated rings. The van der Waals surface area contributed by atoms with Gasteiger partial charge in [0.05, 0.1) is 15.1 Å². The Bertz CT molecular complexity index is 1200. The Hall–Kier alpha value is -1.67. The molecule has 0 heterocycles. The fraction of sp³-hybridized carbons (Fsp3) is 0.0526. The first-order valence-corrected chi connectivity index (χ1v) is 10.9. The van der Waals surface area contributed by atoms with E-state index < -0.39 is 31.2 Å². The van der Waals surface area contributed by atoms with E-state index in [1.807, 2.05) is 0 Å². The molecular weight excluding hydrogens is 482 g/mol. The zero-order valence-corrected chi connectivity index (χ0v) is 18.1. The molecule has 3 rings (SSSR count). The minimum atomic E-state index is -5.14. The van der Waals surface area contributed by atoms with Gasteiger partial charge in [-0.1, -0.05) is 76.7 Å². The van der Waals surface area contributed by atoms with E-state index in [1.165, 1.54) is 36.4 Å². The van der Waals surface area contributed by atoms with Gasteiger partial charge in [-0.15, -0.1) is 0 Å². The lowest BCUT2D eigenvalue weighted by molar-refractivity contribution is 0.439. The monoisotopic (exact) mass is 492 g/mol. The second-order valence-electron chi connectivity index (χ2n) is 6.07. The van der Waals surface area contributed by atoms with E-state index in [2.05, 4.69) is 0 Å². The third-order valence-electron chi connectivity index (χ3n) is 4.39. The molecule has 0 aliphatic heterocycles. The standard InChI is InChI=1S/C19H12Cl4O5S/c20-13-7-6-11(24)8-12(13)19(29(26,27)28,10-4-2-1-3-5-10)16-15(25)9-14(21)17(22)18(16)23/h1-9,24-25H,(H,26,27,28). The van der Waals surface area contributed by atoms with Crippen LogP contribution in [0.15, 0.2) is 54.6 Å². The molecule has 1 atom stereocenters. The first-order valence-electron chi connectivity index (χ1n) is 7.90. The van der Waals surface area contributed by atoms with Crippen molar-refractivity contribution in [3.05, 3.63) is 91.4 Å². The molecule has 0 aliphatic rings. The van der Waals surface area contributed by atoms with Crippen molar-refractivity contribution in [1.29, 1.82) is 0 Å². The van der Waals surface area contributed by atoms with Crippen LogP contribution >= 0.6 is 46.4 Å². The first-order chi connectivity index (χ1) is 13.5. The maximum atomic E-state index is 13.0. The second kappa shape index (κ2) is 7.87. The van der Waals surface area contributed by atoms with Gasteiger partial charge in [-0.2, -0.15) is 8.42 Å². The molecule has 29 heavy (non-hydrogen) atoms. The predicted octanol–water partition coefficient (Wildman–Crippen LogP) is 5.89. The molecule has 0 aliphatic carbocycles. The van der Waals surface area contributed by atoms with Gasteiger partial charge < -0.3 is 10.2 Å². The highest BCUT2D eigenvalue weighted by atomic mass is 35.5. The van der Waals surface area contributed by atoms with Gasteiger partial charge in [0, 0.05) is 22.2 Å². The van der Waals surface area contributed by atoms with E-state index in [1.54, 1.807) is 6.07 Å². The van der Waals surface area contributed by atoms with E-state index in [0.29, 0.717) is 0 Å². The Labute approximate surface area is 186 Å². The molecule has 5 nitrogen and oxygen atoms in total. The van der Waals surface area contributed by atoms with Gasteiger partial charge >= 0.3 is 0 Å². The minimum Gasteiger partial charge on any atom is -0.508 e. The van der Waals surface area contributed by atoms with Crippen LogP contribution in [0.5, 0.6) is 11.5 Å². The van der Waals surface area contributed by atoms with Crippen LogP contribution in [0, 0.1) is 0 Å². The number of phenols is 2. The van der Waals surface area contributed by atoms with Crippen LogP contribution in [0.25, 0.3) is 0 Å². The molecule has 0 spiro atoms. The number of aromatic hydroxyl groups is 2. The van der Waals surface area contributed by atoms with Crippen LogP contribution in [0.2, 0.25) is 20.1 Å². The summed E-state index contributed by atoms with van der Waals surface area (Å²) < 4.78 is 33.9. The highest BCUT2D eigenvalue weighted by Crippen LogP contribution is 2.54. The molecule has 0 amide bonds. The van der Waals surface area contributed by atoms with Crippen molar-refractivity contribution >= 4 is 56.5 Å². The van der Waals surface area contributed by atoms with E-state index in [-0.39, 0.29) is 31.9 Å². The van der Waals surface area contributed by atoms with Crippen LogP contribution in [-0.4, -0.2) is 23.2 Å². The second-order valence-corrected chi connectivity index (χ2v) is 9.20. The Morgan fingerprint density at radius 2 is 1.41 bits per heavy atom. The van der Waals surface area contributed by atoms with Gasteiger partial charge in [-0.05, 0) is 23.8 Å². The summed E-state index contributed by atoms with van der Waals surface area (Å²) in [7, 11) is -5.14. The largest absolute Gasteiger partial charge is 0.508 e. The summed E-state index contributed by atoms with van der Waals surface area (Å²) in [5.41, 5.74) is -0.719. The summed E-state index contributed by atoms with van der Waals surface area (Å²) in [6, 6.07) is 12.0. The number of hydrogen-bond acceptors (Lipinski definition) is 4. The molecule has 3 N–H and O–H groups in total. The quantitative estimate of drug-likeness (QED) is 0.239. The third kappa shape index (κ3) is 3.54. The zero-order valence-electron chi connectivity index (χ0n) is 14.3. The lowest BCUT2D eigenvalue weighted by atomic mass is 9.83. The molecule has 3 aromatic rings. The fourth-order valence-corrected chi connectivity index (χ4v) is 5.68. The molecule has 152 valence electrons. The highest BCUT2D eigenvalue weighted by molar-refractivity contribution is 7.87. The van der Waals surface area contributed by atoms with Crippen molar-refractivity contribution < 1.29 is 23.2 Å². The van der Waals surface area contributed by atoms with Crippen molar-refractivity contribution in [2.75, 3.05) is 0 Å². The van der Waals surface area contributed by atoms with Crippen LogP contribution in [0.4, 0.5) is 0 Å². The van der Waals surface area contributed by atoms with Gasteiger partial charge in [0.15, 0.2) is 4.75 Å². The summed E-state index contributed by atoms with van der Waals surface area (Å²) >= 11 is 24.7. The van der Waals surface area contributed by atoms with Crippen molar-refractivity contribution in [3.8, 4) is 11.5 Å². The van der Waals surface area contributed by atoms with Gasteiger partial charge in [0.25, 0.3) is 10.1 Å². The average Bonchev–Trinajstić information content (AvgIpc) is 2.65. The maximum absolute atomic E-state index is 13.0. The molecule has 0 aromatic heterocycles. The molecular formula is C19H12Cl4O5S. The molecule has 0 bridgehead atoms. The normalized spacial score (nSPS) is 13.8. The van der Waals surface area contributed by atoms with Crippen molar-refractivity contribution in [3.63, 3.8) is 0 Å². The lowest BCUT2D eigenvalue weighted by Gasteiger charge is -2.34. The minimum absolute atomic E-state index is 0.00871. The number of hydrogen-bond donors (Lipinski definition) is 3. The summed E-state index contributed by atoms with van der Waals surface area (Å²) in [5, 5.41) is 19.8. The van der Waals surface area contributed by atoms with Crippen LogP contribution in [0.1, 0.15) is 16.7 Å². The van der Waals surface area contributed by atoms with Crippen molar-refractivity contribution in [1.82, 2.24) is 0 Å². The number of rotatable bonds is 4. The molecule has 10 heteroatoms. The Morgan fingerprint density at radius 3 is 2.00 bits per heavy atom. The molecule has 0 radical (unpaired) electrons. The number of phenolic OH excluding ortho intramolecular Hbond substituents is 2. The number of halogens is 4. The van der Waals surface area contributed by atoms with E-state index in [9.17, 15) is 23.2 Å². The van der Waals surface area contributed by atoms with Gasteiger partial charge in [-0.25, -0.2) is 0 Å². The summed E-state index contributed by atoms with van der Waals surface area (Å²) in [4.78, 5) is 0. The van der Waals surface area contributed by atoms with Crippen LogP contribution in [0.3, 0.4) is 0 Å². The van der Waals surface area contributed by atoms with Crippen LogP contribution < -0.4 is 0 Å². The van der Waals surface area contributed by atoms with Gasteiger partial charge in [-0.3, -0.25) is 4.55 Å². The first kappa shape index (κ1) is 22.0. The smallest absolute Gasteiger partial charge is 0.283 e.